The molecule has 0 saturated carbocycles. The van der Waals surface area contributed by atoms with Crippen molar-refractivity contribution in [1.29, 1.82) is 0 Å². The first-order valence-electron chi connectivity index (χ1n) is 6.93. The van der Waals surface area contributed by atoms with Crippen molar-refractivity contribution in [1.82, 2.24) is 5.32 Å². The minimum absolute atomic E-state index is 0.252. The van der Waals surface area contributed by atoms with Crippen LogP contribution in [0.4, 0.5) is 8.78 Å². The zero-order chi connectivity index (χ0) is 15.2. The molecule has 0 fully saturated rings. The highest BCUT2D eigenvalue weighted by molar-refractivity contribution is 5.27. The van der Waals surface area contributed by atoms with E-state index in [-0.39, 0.29) is 12.1 Å². The monoisotopic (exact) mass is 291 g/mol. The summed E-state index contributed by atoms with van der Waals surface area (Å²) in [6, 6.07) is 13.4. The number of rotatable bonds is 6. The third kappa shape index (κ3) is 3.65. The highest BCUT2D eigenvalue weighted by Crippen LogP contribution is 2.32. The molecule has 21 heavy (non-hydrogen) atoms. The van der Waals surface area contributed by atoms with Gasteiger partial charge in [-0.1, -0.05) is 43.3 Å². The molecule has 0 spiro atoms. The molecule has 0 radical (unpaired) electrons. The molecule has 0 saturated heterocycles. The molecule has 4 heteroatoms. The first kappa shape index (κ1) is 15.6. The molecule has 2 aromatic carbocycles. The van der Waals surface area contributed by atoms with Crippen molar-refractivity contribution >= 4 is 0 Å². The Morgan fingerprint density at radius 2 is 1.71 bits per heavy atom. The smallest absolute Gasteiger partial charge is 0.159 e. The summed E-state index contributed by atoms with van der Waals surface area (Å²) < 4.78 is 32.2. The summed E-state index contributed by atoms with van der Waals surface area (Å²) in [6.07, 6.45) is -0.281. The Labute approximate surface area is 123 Å². The summed E-state index contributed by atoms with van der Waals surface area (Å²) in [5.41, 5.74) is 1.64. The molecular weight excluding hydrogens is 272 g/mol. The second-order valence-electron chi connectivity index (χ2n) is 4.78. The summed E-state index contributed by atoms with van der Waals surface area (Å²) in [7, 11) is 1.61. The third-order valence-corrected chi connectivity index (χ3v) is 3.41. The van der Waals surface area contributed by atoms with Crippen LogP contribution in [-0.2, 0) is 4.74 Å². The lowest BCUT2D eigenvalue weighted by molar-refractivity contribution is 0.0680. The molecule has 2 unspecified atom stereocenters. The molecule has 0 aliphatic heterocycles. The van der Waals surface area contributed by atoms with E-state index in [1.807, 2.05) is 37.3 Å². The van der Waals surface area contributed by atoms with E-state index in [1.165, 1.54) is 6.07 Å². The summed E-state index contributed by atoms with van der Waals surface area (Å²) in [5, 5.41) is 3.28. The number of nitrogens with one attached hydrogen (secondary N) is 1. The Bertz CT molecular complexity index is 574. The summed E-state index contributed by atoms with van der Waals surface area (Å²) >= 11 is 0. The fourth-order valence-corrected chi connectivity index (χ4v) is 2.43. The van der Waals surface area contributed by atoms with Gasteiger partial charge in [-0.15, -0.1) is 0 Å². The number of benzene rings is 2. The number of methoxy groups -OCH3 is 1. The van der Waals surface area contributed by atoms with Gasteiger partial charge in [0.2, 0.25) is 0 Å². The fourth-order valence-electron chi connectivity index (χ4n) is 2.43. The van der Waals surface area contributed by atoms with Crippen LogP contribution in [0.2, 0.25) is 0 Å². The van der Waals surface area contributed by atoms with E-state index >= 15 is 0 Å². The molecule has 2 rings (SSSR count). The van der Waals surface area contributed by atoms with E-state index in [2.05, 4.69) is 5.32 Å². The third-order valence-electron chi connectivity index (χ3n) is 3.41. The van der Waals surface area contributed by atoms with E-state index in [0.717, 1.165) is 11.6 Å². The molecule has 0 aliphatic carbocycles. The van der Waals surface area contributed by atoms with Crippen LogP contribution in [0.25, 0.3) is 0 Å². The van der Waals surface area contributed by atoms with Gasteiger partial charge in [0.1, 0.15) is 6.10 Å². The van der Waals surface area contributed by atoms with Crippen molar-refractivity contribution in [3.63, 3.8) is 0 Å². The fraction of sp³-hybridized carbons (Fsp3) is 0.294. The van der Waals surface area contributed by atoms with Crippen molar-refractivity contribution in [3.8, 4) is 0 Å². The molecule has 0 heterocycles. The number of hydrogen-bond donors (Lipinski definition) is 1. The minimum atomic E-state index is -0.849. The van der Waals surface area contributed by atoms with E-state index in [9.17, 15) is 8.78 Å². The molecule has 1 N–H and O–H groups in total. The van der Waals surface area contributed by atoms with Gasteiger partial charge in [-0.05, 0) is 29.8 Å². The van der Waals surface area contributed by atoms with Gasteiger partial charge in [0.25, 0.3) is 0 Å². The van der Waals surface area contributed by atoms with Crippen LogP contribution >= 0.6 is 0 Å². The Kier molecular flexibility index (Phi) is 5.42. The molecule has 0 aliphatic rings. The maximum atomic E-state index is 13.5. The standard InChI is InChI=1S/C17H19F2NO/c1-3-20-16(13-9-10-14(18)15(19)11-13)17(21-2)12-7-5-4-6-8-12/h4-11,16-17,20H,3H2,1-2H3. The van der Waals surface area contributed by atoms with Crippen molar-refractivity contribution in [2.45, 2.75) is 19.1 Å². The van der Waals surface area contributed by atoms with E-state index in [4.69, 9.17) is 4.74 Å². The normalized spacial score (nSPS) is 13.9. The molecule has 112 valence electrons. The van der Waals surface area contributed by atoms with Crippen LogP contribution in [0, 0.1) is 11.6 Å². The Hall–Kier alpha value is -1.78. The average molecular weight is 291 g/mol. The lowest BCUT2D eigenvalue weighted by Gasteiger charge is -2.27. The van der Waals surface area contributed by atoms with Gasteiger partial charge in [-0.3, -0.25) is 0 Å². The van der Waals surface area contributed by atoms with E-state index in [0.29, 0.717) is 12.1 Å². The predicted octanol–water partition coefficient (Wildman–Crippen LogP) is 4.00. The molecule has 0 bridgehead atoms. The molecule has 2 aromatic rings. The molecular formula is C17H19F2NO. The number of halogens is 2. The lowest BCUT2D eigenvalue weighted by Crippen LogP contribution is -2.28. The highest BCUT2D eigenvalue weighted by Gasteiger charge is 2.24. The Morgan fingerprint density at radius 1 is 1.00 bits per heavy atom. The highest BCUT2D eigenvalue weighted by atomic mass is 19.2. The maximum absolute atomic E-state index is 13.5. The number of likely N-dealkylation sites (N-methyl/N-ethyl adjacent to an activating group) is 1. The predicted molar refractivity (Wildman–Crippen MR) is 79.0 cm³/mol. The lowest BCUT2D eigenvalue weighted by atomic mass is 9.95. The molecule has 0 aromatic heterocycles. The average Bonchev–Trinajstić information content (AvgIpc) is 2.51. The first-order chi connectivity index (χ1) is 10.2. The maximum Gasteiger partial charge on any atom is 0.159 e. The largest absolute Gasteiger partial charge is 0.375 e. The van der Waals surface area contributed by atoms with Crippen molar-refractivity contribution < 1.29 is 13.5 Å². The van der Waals surface area contributed by atoms with Gasteiger partial charge in [-0.2, -0.15) is 0 Å². The zero-order valence-electron chi connectivity index (χ0n) is 12.1. The Balaban J connectivity index is 2.38. The topological polar surface area (TPSA) is 21.3 Å². The second kappa shape index (κ2) is 7.29. The van der Waals surface area contributed by atoms with Crippen LogP contribution in [0.15, 0.2) is 48.5 Å². The van der Waals surface area contributed by atoms with Gasteiger partial charge in [0.05, 0.1) is 6.04 Å². The molecule has 2 atom stereocenters. The Morgan fingerprint density at radius 3 is 2.29 bits per heavy atom. The van der Waals surface area contributed by atoms with E-state index < -0.39 is 11.6 Å². The van der Waals surface area contributed by atoms with Gasteiger partial charge in [0, 0.05) is 7.11 Å². The first-order valence-corrected chi connectivity index (χ1v) is 6.93. The molecule has 0 amide bonds. The second-order valence-corrected chi connectivity index (χ2v) is 4.78. The quantitative estimate of drug-likeness (QED) is 0.868. The summed E-state index contributed by atoms with van der Waals surface area (Å²) in [4.78, 5) is 0. The van der Waals surface area contributed by atoms with Crippen LogP contribution in [0.1, 0.15) is 30.2 Å². The van der Waals surface area contributed by atoms with Crippen molar-refractivity contribution in [2.75, 3.05) is 13.7 Å². The number of ether oxygens (including phenoxy) is 1. The van der Waals surface area contributed by atoms with Crippen LogP contribution < -0.4 is 5.32 Å². The van der Waals surface area contributed by atoms with Gasteiger partial charge in [-0.25, -0.2) is 8.78 Å². The van der Waals surface area contributed by atoms with Crippen LogP contribution in [0.5, 0.6) is 0 Å². The van der Waals surface area contributed by atoms with E-state index in [1.54, 1.807) is 13.2 Å². The van der Waals surface area contributed by atoms with Crippen LogP contribution in [0.3, 0.4) is 0 Å². The van der Waals surface area contributed by atoms with Crippen LogP contribution in [-0.4, -0.2) is 13.7 Å². The number of hydrogen-bond acceptors (Lipinski definition) is 2. The molecule has 2 nitrogen and oxygen atoms in total. The van der Waals surface area contributed by atoms with Gasteiger partial charge in [0.15, 0.2) is 11.6 Å². The summed E-state index contributed by atoms with van der Waals surface area (Å²) in [6.45, 7) is 2.65. The summed E-state index contributed by atoms with van der Waals surface area (Å²) in [5.74, 6) is -1.69. The van der Waals surface area contributed by atoms with Crippen molar-refractivity contribution in [3.05, 3.63) is 71.3 Å². The minimum Gasteiger partial charge on any atom is -0.375 e. The van der Waals surface area contributed by atoms with Gasteiger partial charge >= 0.3 is 0 Å². The zero-order valence-corrected chi connectivity index (χ0v) is 12.1. The van der Waals surface area contributed by atoms with Crippen molar-refractivity contribution in [2.24, 2.45) is 0 Å². The SMILES string of the molecule is CCNC(c1ccc(F)c(F)c1)C(OC)c1ccccc1. The van der Waals surface area contributed by atoms with Gasteiger partial charge < -0.3 is 10.1 Å².